The van der Waals surface area contributed by atoms with E-state index in [1.807, 2.05) is 0 Å². The number of carbonyl (C=O) groups excluding carboxylic acids is 2. The van der Waals surface area contributed by atoms with Gasteiger partial charge in [-0.1, -0.05) is 23.7 Å². The van der Waals surface area contributed by atoms with E-state index in [9.17, 15) is 18.4 Å². The number of halogens is 3. The molecule has 1 aromatic rings. The van der Waals surface area contributed by atoms with Gasteiger partial charge in [0.25, 0.3) is 0 Å². The Hall–Kier alpha value is -1.49. The molecule has 0 unspecified atom stereocenters. The number of ether oxygens (including phenoxy) is 1. The number of rotatable bonds is 4. The predicted octanol–water partition coefficient (Wildman–Crippen LogP) is 2.56. The number of benzene rings is 1. The molecule has 1 aromatic carbocycles. The minimum absolute atomic E-state index is 0.138. The number of hydrogen-bond acceptors (Lipinski definition) is 3. The van der Waals surface area contributed by atoms with Crippen molar-refractivity contribution in [2.45, 2.75) is 12.8 Å². The zero-order valence-electron chi connectivity index (χ0n) is 8.88. The Morgan fingerprint density at radius 1 is 1.29 bits per heavy atom. The third-order valence-corrected chi connectivity index (χ3v) is 2.20. The van der Waals surface area contributed by atoms with Crippen molar-refractivity contribution < 1.29 is 23.1 Å². The van der Waals surface area contributed by atoms with Gasteiger partial charge in [-0.15, -0.1) is 0 Å². The van der Waals surface area contributed by atoms with Crippen LogP contribution < -0.4 is 0 Å². The van der Waals surface area contributed by atoms with E-state index in [1.54, 1.807) is 0 Å². The summed E-state index contributed by atoms with van der Waals surface area (Å²) in [4.78, 5) is 22.1. The van der Waals surface area contributed by atoms with Crippen LogP contribution in [0.15, 0.2) is 24.3 Å². The summed E-state index contributed by atoms with van der Waals surface area (Å²) in [7, 11) is 0. The summed E-state index contributed by atoms with van der Waals surface area (Å²) in [6.07, 6.45) is 0. The molecule has 0 aliphatic rings. The van der Waals surface area contributed by atoms with Crippen molar-refractivity contribution in [2.24, 2.45) is 0 Å². The van der Waals surface area contributed by atoms with Crippen LogP contribution in [0.25, 0.3) is 0 Å². The molecular weight excluding hydrogens is 254 g/mol. The minimum atomic E-state index is -3.91. The van der Waals surface area contributed by atoms with E-state index in [0.717, 1.165) is 12.1 Å². The monoisotopic (exact) mass is 262 g/mol. The Labute approximate surface area is 101 Å². The Morgan fingerprint density at radius 3 is 2.29 bits per heavy atom. The standard InChI is InChI=1S/C11H9ClF2O3/c1-2-17-10(16)9(15)11(13,14)7-3-5-8(12)6-4-7/h3-6H,2H2,1H3. The van der Waals surface area contributed by atoms with Crippen LogP contribution in [0.5, 0.6) is 0 Å². The van der Waals surface area contributed by atoms with E-state index in [4.69, 9.17) is 11.6 Å². The second-order valence-electron chi connectivity index (χ2n) is 3.13. The van der Waals surface area contributed by atoms with Gasteiger partial charge in [-0.3, -0.25) is 4.79 Å². The first-order valence-corrected chi connectivity index (χ1v) is 5.12. The summed E-state index contributed by atoms with van der Waals surface area (Å²) in [6.45, 7) is 1.28. The van der Waals surface area contributed by atoms with Crippen LogP contribution in [0.4, 0.5) is 8.78 Å². The Bertz CT molecular complexity index is 429. The molecule has 0 N–H and O–H groups in total. The van der Waals surface area contributed by atoms with E-state index in [1.165, 1.54) is 19.1 Å². The van der Waals surface area contributed by atoms with Gasteiger partial charge in [0, 0.05) is 10.6 Å². The molecule has 0 aliphatic heterocycles. The first-order chi connectivity index (χ1) is 7.89. The van der Waals surface area contributed by atoms with Crippen LogP contribution in [0, 0.1) is 0 Å². The van der Waals surface area contributed by atoms with Crippen LogP contribution >= 0.6 is 11.6 Å². The lowest BCUT2D eigenvalue weighted by molar-refractivity contribution is -0.166. The minimum Gasteiger partial charge on any atom is -0.460 e. The first-order valence-electron chi connectivity index (χ1n) is 4.75. The summed E-state index contributed by atoms with van der Waals surface area (Å²) in [6, 6.07) is 4.39. The molecule has 0 aliphatic carbocycles. The predicted molar refractivity (Wildman–Crippen MR) is 57.0 cm³/mol. The molecule has 0 radical (unpaired) electrons. The van der Waals surface area contributed by atoms with Crippen molar-refractivity contribution in [2.75, 3.05) is 6.61 Å². The molecule has 0 heterocycles. The van der Waals surface area contributed by atoms with Gasteiger partial charge in [-0.2, -0.15) is 8.78 Å². The average Bonchev–Trinajstić information content (AvgIpc) is 2.29. The van der Waals surface area contributed by atoms with Crippen molar-refractivity contribution in [3.05, 3.63) is 34.9 Å². The van der Waals surface area contributed by atoms with Crippen LogP contribution in [0.3, 0.4) is 0 Å². The summed E-state index contributed by atoms with van der Waals surface area (Å²) in [5.74, 6) is -7.34. The summed E-state index contributed by atoms with van der Waals surface area (Å²) in [5.41, 5.74) is -0.597. The molecule has 0 amide bonds. The fourth-order valence-electron chi connectivity index (χ4n) is 1.12. The SMILES string of the molecule is CCOC(=O)C(=O)C(F)(F)c1ccc(Cl)cc1. The van der Waals surface area contributed by atoms with Gasteiger partial charge in [-0.05, 0) is 19.1 Å². The van der Waals surface area contributed by atoms with Crippen molar-refractivity contribution in [3.8, 4) is 0 Å². The highest BCUT2D eigenvalue weighted by molar-refractivity contribution is 6.36. The number of carbonyl (C=O) groups is 2. The van der Waals surface area contributed by atoms with Crippen LogP contribution in [0.2, 0.25) is 5.02 Å². The lowest BCUT2D eigenvalue weighted by atomic mass is 10.0. The lowest BCUT2D eigenvalue weighted by Crippen LogP contribution is -2.34. The van der Waals surface area contributed by atoms with E-state index >= 15 is 0 Å². The third kappa shape index (κ3) is 3.00. The number of esters is 1. The second kappa shape index (κ2) is 5.23. The van der Waals surface area contributed by atoms with Crippen LogP contribution in [-0.2, 0) is 20.2 Å². The van der Waals surface area contributed by atoms with Gasteiger partial charge in [0.15, 0.2) is 0 Å². The molecule has 0 fully saturated rings. The molecular formula is C11H9ClF2O3. The largest absolute Gasteiger partial charge is 0.460 e. The topological polar surface area (TPSA) is 43.4 Å². The van der Waals surface area contributed by atoms with Crippen molar-refractivity contribution in [1.82, 2.24) is 0 Å². The normalized spacial score (nSPS) is 11.1. The lowest BCUT2D eigenvalue weighted by Gasteiger charge is -2.14. The number of hydrogen-bond donors (Lipinski definition) is 0. The highest BCUT2D eigenvalue weighted by Gasteiger charge is 2.45. The molecule has 0 spiro atoms. The van der Waals surface area contributed by atoms with E-state index in [0.29, 0.717) is 0 Å². The number of Topliss-reactive ketones (excluding diaryl/α,β-unsaturated/α-hetero) is 1. The summed E-state index contributed by atoms with van der Waals surface area (Å²) >= 11 is 5.53. The van der Waals surface area contributed by atoms with Crippen molar-refractivity contribution in [1.29, 1.82) is 0 Å². The molecule has 0 atom stereocenters. The Kier molecular flexibility index (Phi) is 4.17. The van der Waals surface area contributed by atoms with Gasteiger partial charge in [0.05, 0.1) is 6.61 Å². The van der Waals surface area contributed by atoms with E-state index < -0.39 is 23.2 Å². The zero-order valence-corrected chi connectivity index (χ0v) is 9.63. The first kappa shape index (κ1) is 13.6. The van der Waals surface area contributed by atoms with Crippen molar-refractivity contribution >= 4 is 23.4 Å². The second-order valence-corrected chi connectivity index (χ2v) is 3.57. The van der Waals surface area contributed by atoms with Gasteiger partial charge >= 0.3 is 17.7 Å². The maximum atomic E-state index is 13.6. The molecule has 17 heavy (non-hydrogen) atoms. The fraction of sp³-hybridized carbons (Fsp3) is 0.273. The fourth-order valence-corrected chi connectivity index (χ4v) is 1.24. The smallest absolute Gasteiger partial charge is 0.381 e. The molecule has 0 saturated heterocycles. The van der Waals surface area contributed by atoms with E-state index in [2.05, 4.69) is 4.74 Å². The number of alkyl halides is 2. The molecule has 92 valence electrons. The maximum Gasteiger partial charge on any atom is 0.381 e. The highest BCUT2D eigenvalue weighted by atomic mass is 35.5. The third-order valence-electron chi connectivity index (χ3n) is 1.95. The van der Waals surface area contributed by atoms with Gasteiger partial charge in [-0.25, -0.2) is 4.79 Å². The van der Waals surface area contributed by atoms with Gasteiger partial charge < -0.3 is 4.74 Å². The van der Waals surface area contributed by atoms with Crippen LogP contribution in [0.1, 0.15) is 12.5 Å². The van der Waals surface area contributed by atoms with E-state index in [-0.39, 0.29) is 11.6 Å². The molecule has 0 aromatic heterocycles. The summed E-state index contributed by atoms with van der Waals surface area (Å²) < 4.78 is 31.4. The quantitative estimate of drug-likeness (QED) is 0.619. The summed E-state index contributed by atoms with van der Waals surface area (Å²) in [5, 5.41) is 0.258. The molecule has 1 rings (SSSR count). The number of ketones is 1. The molecule has 0 bridgehead atoms. The van der Waals surface area contributed by atoms with Crippen molar-refractivity contribution in [3.63, 3.8) is 0 Å². The van der Waals surface area contributed by atoms with Gasteiger partial charge in [0.1, 0.15) is 0 Å². The van der Waals surface area contributed by atoms with Crippen LogP contribution in [-0.4, -0.2) is 18.4 Å². The molecule has 0 saturated carbocycles. The zero-order chi connectivity index (χ0) is 13.1. The molecule has 3 nitrogen and oxygen atoms in total. The highest BCUT2D eigenvalue weighted by Crippen LogP contribution is 2.30. The van der Waals surface area contributed by atoms with Gasteiger partial charge in [0.2, 0.25) is 0 Å². The Balaban J connectivity index is 2.98. The maximum absolute atomic E-state index is 13.6. The molecule has 6 heteroatoms. The average molecular weight is 263 g/mol. The Morgan fingerprint density at radius 2 is 1.82 bits per heavy atom.